The number of anilines is 1. The highest BCUT2D eigenvalue weighted by Gasteiger charge is 2.22. The Morgan fingerprint density at radius 2 is 1.83 bits per heavy atom. The van der Waals surface area contributed by atoms with Crippen LogP contribution >= 0.6 is 0 Å². The number of fused-ring (bicyclic) bond motifs is 1. The smallest absolute Gasteiger partial charge is 0.273 e. The van der Waals surface area contributed by atoms with Crippen molar-refractivity contribution in [2.45, 2.75) is 26.6 Å². The normalized spacial score (nSPS) is 16.2. The molecule has 0 bridgehead atoms. The van der Waals surface area contributed by atoms with E-state index in [0.717, 1.165) is 0 Å². The molecule has 1 fully saturated rings. The monoisotopic (exact) mass is 417 g/mol. The summed E-state index contributed by atoms with van der Waals surface area (Å²) in [5.41, 5.74) is 0.717. The zero-order valence-corrected chi connectivity index (χ0v) is 16.8. The molecule has 0 saturated carbocycles. The Hall–Kier alpha value is -2.94. The minimum atomic E-state index is -1.54. The van der Waals surface area contributed by atoms with Gasteiger partial charge < -0.3 is 9.88 Å². The predicted molar refractivity (Wildman–Crippen MR) is 108 cm³/mol. The van der Waals surface area contributed by atoms with Crippen LogP contribution in [0.1, 0.15) is 30.0 Å². The van der Waals surface area contributed by atoms with Gasteiger partial charge in [-0.25, -0.2) is 18.7 Å². The second-order valence-corrected chi connectivity index (χ2v) is 7.53. The molecular formula is C21H22F3N5O. The standard InChI is InChI=1S/C21H22F3N5O/c1-12-3-6-16(20(24)25-12)29-9-7-28(8-10-29)11-14-4-5-15-19(17(14)23)27-21(30)18(26-15)13(2)22/h3-6,13H,7-11H2,1-2H3,(H,27,30). The molecule has 0 spiro atoms. The van der Waals surface area contributed by atoms with E-state index in [1.807, 2.05) is 4.90 Å². The molecule has 6 nitrogen and oxygen atoms in total. The van der Waals surface area contributed by atoms with Crippen molar-refractivity contribution in [2.24, 2.45) is 0 Å². The number of aromatic nitrogens is 3. The van der Waals surface area contributed by atoms with E-state index in [2.05, 4.69) is 19.9 Å². The van der Waals surface area contributed by atoms with E-state index >= 15 is 0 Å². The fourth-order valence-electron chi connectivity index (χ4n) is 3.71. The van der Waals surface area contributed by atoms with E-state index in [1.165, 1.54) is 6.92 Å². The Labute approximate surface area is 171 Å². The van der Waals surface area contributed by atoms with Crippen LogP contribution in [0.5, 0.6) is 0 Å². The number of alkyl halides is 1. The highest BCUT2D eigenvalue weighted by atomic mass is 19.1. The topological polar surface area (TPSA) is 65.1 Å². The molecule has 9 heteroatoms. The molecule has 3 heterocycles. The van der Waals surface area contributed by atoms with Crippen molar-refractivity contribution in [3.05, 3.63) is 63.3 Å². The number of piperazine rings is 1. The number of nitrogens with one attached hydrogen (secondary N) is 1. The molecule has 4 rings (SSSR count). The number of pyridine rings is 1. The minimum Gasteiger partial charge on any atom is -0.365 e. The lowest BCUT2D eigenvalue weighted by molar-refractivity contribution is 0.246. The SMILES string of the molecule is Cc1ccc(N2CCN(Cc3ccc4nc(C(C)F)c(=O)[nH]c4c3F)CC2)c(F)n1. The molecular weight excluding hydrogens is 395 g/mol. The van der Waals surface area contributed by atoms with Gasteiger partial charge in [-0.1, -0.05) is 6.07 Å². The molecule has 2 aromatic heterocycles. The largest absolute Gasteiger partial charge is 0.365 e. The van der Waals surface area contributed by atoms with E-state index in [9.17, 15) is 18.0 Å². The maximum absolute atomic E-state index is 15.0. The van der Waals surface area contributed by atoms with Crippen LogP contribution < -0.4 is 10.5 Å². The van der Waals surface area contributed by atoms with Gasteiger partial charge in [-0.3, -0.25) is 9.69 Å². The average Bonchev–Trinajstić information content (AvgIpc) is 2.71. The lowest BCUT2D eigenvalue weighted by Gasteiger charge is -2.36. The summed E-state index contributed by atoms with van der Waals surface area (Å²) in [5.74, 6) is -1.05. The second-order valence-electron chi connectivity index (χ2n) is 7.53. The van der Waals surface area contributed by atoms with E-state index in [0.29, 0.717) is 49.7 Å². The maximum Gasteiger partial charge on any atom is 0.273 e. The molecule has 1 saturated heterocycles. The number of benzene rings is 1. The first-order chi connectivity index (χ1) is 14.3. The summed E-state index contributed by atoms with van der Waals surface area (Å²) in [6.07, 6.45) is -1.54. The molecule has 1 aliphatic heterocycles. The number of halogens is 3. The first kappa shape index (κ1) is 20.3. The predicted octanol–water partition coefficient (Wildman–Crippen LogP) is 3.26. The zero-order valence-electron chi connectivity index (χ0n) is 16.8. The molecule has 0 amide bonds. The zero-order chi connectivity index (χ0) is 21.4. The summed E-state index contributed by atoms with van der Waals surface area (Å²) in [7, 11) is 0. The van der Waals surface area contributed by atoms with Gasteiger partial charge in [-0.15, -0.1) is 0 Å². The Morgan fingerprint density at radius 3 is 2.50 bits per heavy atom. The van der Waals surface area contributed by atoms with Crippen LogP contribution in [-0.4, -0.2) is 46.0 Å². The Bertz CT molecular complexity index is 1140. The highest BCUT2D eigenvalue weighted by Crippen LogP contribution is 2.23. The van der Waals surface area contributed by atoms with Crippen molar-refractivity contribution in [1.82, 2.24) is 19.9 Å². The van der Waals surface area contributed by atoms with Crippen LogP contribution in [0.25, 0.3) is 11.0 Å². The van der Waals surface area contributed by atoms with Crippen LogP contribution in [0.2, 0.25) is 0 Å². The molecule has 1 aliphatic rings. The Balaban J connectivity index is 1.49. The van der Waals surface area contributed by atoms with E-state index in [4.69, 9.17) is 0 Å². The van der Waals surface area contributed by atoms with Gasteiger partial charge in [0, 0.05) is 44.0 Å². The van der Waals surface area contributed by atoms with E-state index < -0.39 is 23.5 Å². The summed E-state index contributed by atoms with van der Waals surface area (Å²) in [4.78, 5) is 26.2. The third-order valence-corrected chi connectivity index (χ3v) is 5.36. The fraction of sp³-hybridized carbons (Fsp3) is 0.381. The van der Waals surface area contributed by atoms with Gasteiger partial charge in [0.15, 0.2) is 5.82 Å². The minimum absolute atomic E-state index is 0.0201. The number of H-pyrrole nitrogens is 1. The van der Waals surface area contributed by atoms with Crippen LogP contribution in [0.4, 0.5) is 18.9 Å². The van der Waals surface area contributed by atoms with Crippen molar-refractivity contribution in [2.75, 3.05) is 31.1 Å². The lowest BCUT2D eigenvalue weighted by atomic mass is 10.1. The fourth-order valence-corrected chi connectivity index (χ4v) is 3.71. The second kappa shape index (κ2) is 8.06. The van der Waals surface area contributed by atoms with Crippen molar-refractivity contribution in [1.29, 1.82) is 0 Å². The third-order valence-electron chi connectivity index (χ3n) is 5.36. The van der Waals surface area contributed by atoms with Gasteiger partial charge in [0.25, 0.3) is 5.56 Å². The molecule has 1 aromatic carbocycles. The van der Waals surface area contributed by atoms with Gasteiger partial charge in [0.05, 0.1) is 11.2 Å². The highest BCUT2D eigenvalue weighted by molar-refractivity contribution is 5.75. The van der Waals surface area contributed by atoms with Gasteiger partial charge in [0.2, 0.25) is 5.95 Å². The molecule has 3 aromatic rings. The Kier molecular flexibility index (Phi) is 5.46. The lowest BCUT2D eigenvalue weighted by Crippen LogP contribution is -2.46. The van der Waals surface area contributed by atoms with Crippen LogP contribution in [0.15, 0.2) is 29.1 Å². The van der Waals surface area contributed by atoms with Gasteiger partial charge in [-0.2, -0.15) is 4.39 Å². The number of rotatable bonds is 4. The quantitative estimate of drug-likeness (QED) is 0.661. The van der Waals surface area contributed by atoms with Crippen molar-refractivity contribution >= 4 is 16.7 Å². The summed E-state index contributed by atoms with van der Waals surface area (Å²) < 4.78 is 42.6. The number of aromatic amines is 1. The first-order valence-corrected chi connectivity index (χ1v) is 9.79. The number of aryl methyl sites for hydroxylation is 1. The van der Waals surface area contributed by atoms with E-state index in [1.54, 1.807) is 31.2 Å². The van der Waals surface area contributed by atoms with Crippen LogP contribution in [0.3, 0.4) is 0 Å². The summed E-state index contributed by atoms with van der Waals surface area (Å²) >= 11 is 0. The van der Waals surface area contributed by atoms with Crippen molar-refractivity contribution in [3.8, 4) is 0 Å². The molecule has 1 N–H and O–H groups in total. The van der Waals surface area contributed by atoms with E-state index in [-0.39, 0.29) is 16.7 Å². The van der Waals surface area contributed by atoms with Crippen molar-refractivity contribution < 1.29 is 13.2 Å². The molecule has 1 atom stereocenters. The molecule has 1 unspecified atom stereocenters. The Morgan fingerprint density at radius 1 is 1.10 bits per heavy atom. The van der Waals surface area contributed by atoms with Gasteiger partial charge in [0.1, 0.15) is 17.4 Å². The van der Waals surface area contributed by atoms with Crippen molar-refractivity contribution in [3.63, 3.8) is 0 Å². The summed E-state index contributed by atoms with van der Waals surface area (Å²) in [5, 5.41) is 0. The summed E-state index contributed by atoms with van der Waals surface area (Å²) in [6.45, 7) is 5.72. The van der Waals surface area contributed by atoms with Crippen LogP contribution in [0, 0.1) is 18.7 Å². The molecule has 30 heavy (non-hydrogen) atoms. The number of hydrogen-bond donors (Lipinski definition) is 1. The third kappa shape index (κ3) is 3.89. The molecule has 0 radical (unpaired) electrons. The number of hydrogen-bond acceptors (Lipinski definition) is 5. The van der Waals surface area contributed by atoms with Gasteiger partial charge >= 0.3 is 0 Å². The maximum atomic E-state index is 15.0. The van der Waals surface area contributed by atoms with Crippen LogP contribution in [-0.2, 0) is 6.54 Å². The molecule has 0 aliphatic carbocycles. The first-order valence-electron chi connectivity index (χ1n) is 9.79. The number of nitrogens with zero attached hydrogens (tertiary/aromatic N) is 4. The summed E-state index contributed by atoms with van der Waals surface area (Å²) in [6, 6.07) is 6.69. The molecule has 158 valence electrons. The average molecular weight is 417 g/mol. The van der Waals surface area contributed by atoms with Gasteiger partial charge in [-0.05, 0) is 32.0 Å².